The van der Waals surface area contributed by atoms with Crippen molar-refractivity contribution in [3.8, 4) is 0 Å². The van der Waals surface area contributed by atoms with Crippen molar-refractivity contribution in [1.82, 2.24) is 9.97 Å². The minimum atomic E-state index is -0.984. The fraction of sp³-hybridized carbons (Fsp3) is 0.100. The van der Waals surface area contributed by atoms with E-state index in [1.807, 2.05) is 0 Å². The smallest absolute Gasteiger partial charge is 0.309 e. The number of aromatic nitrogens is 2. The second kappa shape index (κ2) is 6.16. The van der Waals surface area contributed by atoms with Crippen molar-refractivity contribution in [2.24, 2.45) is 0 Å². The van der Waals surface area contributed by atoms with Gasteiger partial charge in [-0.05, 0) is 11.8 Å². The summed E-state index contributed by atoms with van der Waals surface area (Å²) < 4.78 is 0.485. The fourth-order valence-electron chi connectivity index (χ4n) is 1.28. The summed E-state index contributed by atoms with van der Waals surface area (Å²) in [6.07, 6.45) is 1.12. The number of nitro groups is 1. The number of aliphatic carboxylic acids is 1. The number of rotatable bonds is 5. The van der Waals surface area contributed by atoms with Crippen molar-refractivity contribution in [3.05, 3.63) is 38.5 Å². The Morgan fingerprint density at radius 2 is 2.35 bits per heavy atom. The van der Waals surface area contributed by atoms with E-state index >= 15 is 0 Å². The van der Waals surface area contributed by atoms with E-state index in [-0.39, 0.29) is 22.2 Å². The lowest BCUT2D eigenvalue weighted by atomic mass is 10.3. The lowest BCUT2D eigenvalue weighted by Gasteiger charge is -1.99. The Morgan fingerprint density at radius 1 is 1.60 bits per heavy atom. The van der Waals surface area contributed by atoms with E-state index < -0.39 is 10.9 Å². The van der Waals surface area contributed by atoms with Crippen LogP contribution >= 0.6 is 34.7 Å². The van der Waals surface area contributed by atoms with Crippen molar-refractivity contribution in [1.29, 1.82) is 0 Å². The van der Waals surface area contributed by atoms with Gasteiger partial charge in [0, 0.05) is 17.6 Å². The number of pyridine rings is 1. The molecule has 2 aromatic rings. The highest BCUT2D eigenvalue weighted by atomic mass is 35.5. The Morgan fingerprint density at radius 3 is 3.00 bits per heavy atom. The van der Waals surface area contributed by atoms with Gasteiger partial charge in [0.15, 0.2) is 9.37 Å². The molecule has 0 saturated carbocycles. The zero-order valence-corrected chi connectivity index (χ0v) is 12.0. The van der Waals surface area contributed by atoms with Crippen LogP contribution in [-0.4, -0.2) is 26.0 Å². The molecule has 104 valence electrons. The molecule has 0 atom stereocenters. The molecule has 0 aliphatic heterocycles. The third-order valence-electron chi connectivity index (χ3n) is 2.04. The molecule has 0 aromatic carbocycles. The van der Waals surface area contributed by atoms with E-state index in [1.54, 1.807) is 5.38 Å². The van der Waals surface area contributed by atoms with Crippen LogP contribution in [0.2, 0.25) is 5.02 Å². The molecule has 1 N–H and O–H groups in total. The summed E-state index contributed by atoms with van der Waals surface area (Å²) >= 11 is 7.88. The van der Waals surface area contributed by atoms with E-state index in [4.69, 9.17) is 16.7 Å². The lowest BCUT2D eigenvalue weighted by Crippen LogP contribution is -1.99. The maximum atomic E-state index is 10.9. The first-order valence-corrected chi connectivity index (χ1v) is 7.17. The Kier molecular flexibility index (Phi) is 4.53. The van der Waals surface area contributed by atoms with E-state index in [1.165, 1.54) is 23.6 Å². The molecule has 7 nitrogen and oxygen atoms in total. The summed E-state index contributed by atoms with van der Waals surface area (Å²) in [4.78, 5) is 28.9. The number of halogens is 1. The average molecular weight is 332 g/mol. The highest BCUT2D eigenvalue weighted by Gasteiger charge is 2.19. The summed E-state index contributed by atoms with van der Waals surface area (Å²) in [6.45, 7) is 0. The van der Waals surface area contributed by atoms with E-state index in [0.29, 0.717) is 10.0 Å². The second-order valence-electron chi connectivity index (χ2n) is 3.51. The van der Waals surface area contributed by atoms with E-state index in [9.17, 15) is 14.9 Å². The topological polar surface area (TPSA) is 106 Å². The van der Waals surface area contributed by atoms with Crippen LogP contribution in [0.15, 0.2) is 27.0 Å². The molecule has 0 bridgehead atoms. The van der Waals surface area contributed by atoms with Gasteiger partial charge >= 0.3 is 11.7 Å². The summed E-state index contributed by atoms with van der Waals surface area (Å²) in [6, 6.07) is 1.21. The molecule has 0 spiro atoms. The van der Waals surface area contributed by atoms with Gasteiger partial charge in [-0.1, -0.05) is 11.6 Å². The van der Waals surface area contributed by atoms with Gasteiger partial charge in [0.25, 0.3) is 0 Å². The summed E-state index contributed by atoms with van der Waals surface area (Å²) in [5.41, 5.74) is 0.194. The Hall–Kier alpha value is -1.71. The van der Waals surface area contributed by atoms with Crippen LogP contribution < -0.4 is 0 Å². The molecule has 0 amide bonds. The van der Waals surface area contributed by atoms with Gasteiger partial charge in [-0.2, -0.15) is 0 Å². The zero-order valence-electron chi connectivity index (χ0n) is 9.65. The minimum absolute atomic E-state index is 0.163. The summed E-state index contributed by atoms with van der Waals surface area (Å²) in [5, 5.41) is 21.5. The third kappa shape index (κ3) is 3.65. The van der Waals surface area contributed by atoms with Gasteiger partial charge < -0.3 is 5.11 Å². The molecule has 2 rings (SSSR count). The van der Waals surface area contributed by atoms with Crippen molar-refractivity contribution < 1.29 is 14.8 Å². The first-order chi connectivity index (χ1) is 9.45. The average Bonchev–Trinajstić information content (AvgIpc) is 2.77. The van der Waals surface area contributed by atoms with Crippen molar-refractivity contribution >= 4 is 46.4 Å². The monoisotopic (exact) mass is 331 g/mol. The molecule has 0 aliphatic carbocycles. The zero-order chi connectivity index (χ0) is 14.7. The molecule has 0 saturated heterocycles. The maximum Gasteiger partial charge on any atom is 0.309 e. The number of thiazole rings is 1. The molecule has 10 heteroatoms. The van der Waals surface area contributed by atoms with Crippen LogP contribution in [0.5, 0.6) is 0 Å². The van der Waals surface area contributed by atoms with Gasteiger partial charge in [-0.25, -0.2) is 9.97 Å². The highest BCUT2D eigenvalue weighted by molar-refractivity contribution is 8.01. The van der Waals surface area contributed by atoms with Crippen molar-refractivity contribution in [3.63, 3.8) is 0 Å². The Bertz CT molecular complexity index is 676. The molecule has 0 aliphatic rings. The lowest BCUT2D eigenvalue weighted by molar-refractivity contribution is -0.388. The summed E-state index contributed by atoms with van der Waals surface area (Å²) in [7, 11) is 0. The summed E-state index contributed by atoms with van der Waals surface area (Å²) in [5.74, 6) is -0.984. The quantitative estimate of drug-likeness (QED) is 0.663. The number of hydrogen-bond acceptors (Lipinski definition) is 7. The van der Waals surface area contributed by atoms with Gasteiger partial charge in [0.05, 0.1) is 22.1 Å². The molecular weight excluding hydrogens is 326 g/mol. The highest BCUT2D eigenvalue weighted by Crippen LogP contribution is 2.35. The van der Waals surface area contributed by atoms with Crippen LogP contribution in [0, 0.1) is 10.1 Å². The van der Waals surface area contributed by atoms with Crippen LogP contribution in [-0.2, 0) is 11.2 Å². The maximum absolute atomic E-state index is 10.9. The Labute approximate surface area is 125 Å². The van der Waals surface area contributed by atoms with Crippen molar-refractivity contribution in [2.75, 3.05) is 0 Å². The minimum Gasteiger partial charge on any atom is -0.481 e. The van der Waals surface area contributed by atoms with Gasteiger partial charge in [0.1, 0.15) is 0 Å². The fourth-order valence-corrected chi connectivity index (χ4v) is 3.22. The number of hydrogen-bond donors (Lipinski definition) is 1. The van der Waals surface area contributed by atoms with Crippen LogP contribution in [0.3, 0.4) is 0 Å². The first kappa shape index (κ1) is 14.7. The van der Waals surface area contributed by atoms with E-state index in [0.717, 1.165) is 11.8 Å². The third-order valence-corrected chi connectivity index (χ3v) is 4.24. The second-order valence-corrected chi connectivity index (χ2v) is 6.04. The predicted molar refractivity (Wildman–Crippen MR) is 73.5 cm³/mol. The van der Waals surface area contributed by atoms with Gasteiger partial charge in [0.2, 0.25) is 0 Å². The first-order valence-electron chi connectivity index (χ1n) is 5.09. The molecule has 2 aromatic heterocycles. The van der Waals surface area contributed by atoms with Gasteiger partial charge in [-0.3, -0.25) is 14.9 Å². The number of nitrogens with zero attached hydrogens (tertiary/aromatic N) is 3. The molecular formula is C10H6ClN3O4S2. The van der Waals surface area contributed by atoms with Crippen LogP contribution in [0.4, 0.5) is 5.69 Å². The SMILES string of the molecule is O=C(O)Cc1csc(Sc2ncc(Cl)cc2[N+](=O)[O-])n1. The molecule has 2 heterocycles. The van der Waals surface area contributed by atoms with Crippen LogP contribution in [0.25, 0.3) is 0 Å². The van der Waals surface area contributed by atoms with Gasteiger partial charge in [-0.15, -0.1) is 11.3 Å². The predicted octanol–water partition coefficient (Wildman–Crippen LogP) is 2.88. The molecule has 20 heavy (non-hydrogen) atoms. The number of carboxylic acids is 1. The van der Waals surface area contributed by atoms with E-state index in [2.05, 4.69) is 9.97 Å². The number of carbonyl (C=O) groups is 1. The number of carboxylic acid groups (broad SMARTS) is 1. The standard InChI is InChI=1S/C10H6ClN3O4S2/c11-5-1-7(14(17)18)9(12-3-5)20-10-13-6(4-19-10)2-8(15)16/h1,3-4H,2H2,(H,15,16). The normalized spacial score (nSPS) is 10.4. The van der Waals surface area contributed by atoms with Crippen LogP contribution in [0.1, 0.15) is 5.69 Å². The molecule has 0 radical (unpaired) electrons. The molecule has 0 fully saturated rings. The van der Waals surface area contributed by atoms with Crippen molar-refractivity contribution in [2.45, 2.75) is 15.8 Å². The molecule has 0 unspecified atom stereocenters. The largest absolute Gasteiger partial charge is 0.481 e. The Balaban J connectivity index is 2.23.